The van der Waals surface area contributed by atoms with Crippen LogP contribution in [-0.4, -0.2) is 6.21 Å². The molecule has 0 N–H and O–H groups in total. The summed E-state index contributed by atoms with van der Waals surface area (Å²) in [5.41, 5.74) is 1.83. The van der Waals surface area contributed by atoms with E-state index in [0.717, 1.165) is 24.1 Å². The zero-order valence-electron chi connectivity index (χ0n) is 12.1. The van der Waals surface area contributed by atoms with E-state index in [1.165, 1.54) is 23.9 Å². The van der Waals surface area contributed by atoms with Crippen molar-refractivity contribution in [3.8, 4) is 0 Å². The zero-order valence-corrected chi connectivity index (χ0v) is 12.1. The summed E-state index contributed by atoms with van der Waals surface area (Å²) in [6, 6.07) is 12.8. The molecule has 22 heavy (non-hydrogen) atoms. The van der Waals surface area contributed by atoms with Crippen LogP contribution >= 0.6 is 0 Å². The molecular weight excluding hydrogens is 291 g/mol. The van der Waals surface area contributed by atoms with Gasteiger partial charge in [-0.3, -0.25) is 0 Å². The summed E-state index contributed by atoms with van der Waals surface area (Å²) in [7, 11) is 0. The maximum absolute atomic E-state index is 12.6. The lowest BCUT2D eigenvalue weighted by Gasteiger charge is -2.06. The van der Waals surface area contributed by atoms with Crippen molar-refractivity contribution in [3.05, 3.63) is 70.8 Å². The molecule has 0 radical (unpaired) electrons. The third-order valence-electron chi connectivity index (χ3n) is 3.15. The molecule has 0 aliphatic heterocycles. The van der Waals surface area contributed by atoms with Crippen LogP contribution in [0, 0.1) is 0 Å². The van der Waals surface area contributed by atoms with Crippen molar-refractivity contribution in [2.45, 2.75) is 26.1 Å². The normalized spacial score (nSPS) is 11.8. The van der Waals surface area contributed by atoms with Crippen molar-refractivity contribution in [3.63, 3.8) is 0 Å². The number of benzene rings is 2. The molecule has 0 aromatic heterocycles. The highest BCUT2D eigenvalue weighted by Crippen LogP contribution is 2.29. The van der Waals surface area contributed by atoms with Gasteiger partial charge in [0.05, 0.1) is 11.8 Å². The monoisotopic (exact) mass is 307 g/mol. The van der Waals surface area contributed by atoms with Crippen LogP contribution in [0.15, 0.2) is 53.7 Å². The number of aryl methyl sites for hydroxylation is 1. The van der Waals surface area contributed by atoms with Crippen molar-refractivity contribution < 1.29 is 18.0 Å². The van der Waals surface area contributed by atoms with Crippen molar-refractivity contribution in [1.82, 2.24) is 0 Å². The molecule has 2 rings (SSSR count). The first-order valence-electron chi connectivity index (χ1n) is 6.89. The Morgan fingerprint density at radius 3 is 2.36 bits per heavy atom. The average molecular weight is 307 g/mol. The SMILES string of the molecule is CCc1ccc(CON=Cc2cccc(C(F)(F)F)c2)cc1. The number of hydrogen-bond acceptors (Lipinski definition) is 2. The Morgan fingerprint density at radius 2 is 1.73 bits per heavy atom. The van der Waals surface area contributed by atoms with Gasteiger partial charge >= 0.3 is 6.18 Å². The third-order valence-corrected chi connectivity index (χ3v) is 3.15. The van der Waals surface area contributed by atoms with Crippen molar-refractivity contribution >= 4 is 6.21 Å². The van der Waals surface area contributed by atoms with Crippen LogP contribution in [0.25, 0.3) is 0 Å². The fourth-order valence-corrected chi connectivity index (χ4v) is 1.88. The number of rotatable bonds is 5. The summed E-state index contributed by atoms with van der Waals surface area (Å²) in [5.74, 6) is 0. The Kier molecular flexibility index (Phi) is 5.20. The predicted octanol–water partition coefficient (Wildman–Crippen LogP) is 4.82. The van der Waals surface area contributed by atoms with E-state index >= 15 is 0 Å². The Bertz CT molecular complexity index is 633. The van der Waals surface area contributed by atoms with E-state index in [2.05, 4.69) is 12.1 Å². The summed E-state index contributed by atoms with van der Waals surface area (Å²) < 4.78 is 37.7. The van der Waals surface area contributed by atoms with Crippen LogP contribution in [0.2, 0.25) is 0 Å². The molecule has 0 aliphatic rings. The molecule has 0 unspecified atom stereocenters. The van der Waals surface area contributed by atoms with Crippen LogP contribution in [0.4, 0.5) is 13.2 Å². The Morgan fingerprint density at radius 1 is 1.05 bits per heavy atom. The first-order valence-corrected chi connectivity index (χ1v) is 6.89. The largest absolute Gasteiger partial charge is 0.416 e. The minimum absolute atomic E-state index is 0.277. The van der Waals surface area contributed by atoms with E-state index in [4.69, 9.17) is 4.84 Å². The van der Waals surface area contributed by atoms with Crippen molar-refractivity contribution in [2.75, 3.05) is 0 Å². The van der Waals surface area contributed by atoms with E-state index in [1.54, 1.807) is 0 Å². The van der Waals surface area contributed by atoms with Crippen LogP contribution in [0.3, 0.4) is 0 Å². The second-order valence-corrected chi connectivity index (χ2v) is 4.80. The molecule has 0 amide bonds. The van der Waals surface area contributed by atoms with Gasteiger partial charge in [0, 0.05) is 0 Å². The summed E-state index contributed by atoms with van der Waals surface area (Å²) in [5, 5.41) is 3.71. The predicted molar refractivity (Wildman–Crippen MR) is 79.6 cm³/mol. The zero-order chi connectivity index (χ0) is 16.0. The first-order chi connectivity index (χ1) is 10.5. The summed E-state index contributed by atoms with van der Waals surface area (Å²) in [6.45, 7) is 2.35. The van der Waals surface area contributed by atoms with Gasteiger partial charge in [-0.15, -0.1) is 0 Å². The Hall–Kier alpha value is -2.30. The highest BCUT2D eigenvalue weighted by Gasteiger charge is 2.30. The molecule has 0 fully saturated rings. The van der Waals surface area contributed by atoms with Gasteiger partial charge in [0.1, 0.15) is 6.61 Å². The van der Waals surface area contributed by atoms with Gasteiger partial charge < -0.3 is 4.84 Å². The third kappa shape index (κ3) is 4.62. The second-order valence-electron chi connectivity index (χ2n) is 4.80. The van der Waals surface area contributed by atoms with E-state index < -0.39 is 11.7 Å². The molecule has 116 valence electrons. The van der Waals surface area contributed by atoms with E-state index in [0.29, 0.717) is 5.56 Å². The minimum Gasteiger partial charge on any atom is -0.391 e. The first kappa shape index (κ1) is 16.1. The number of halogens is 3. The molecular formula is C17H16F3NO. The maximum atomic E-state index is 12.6. The Balaban J connectivity index is 1.92. The molecule has 0 heterocycles. The molecule has 0 aliphatic carbocycles. The number of nitrogens with zero attached hydrogens (tertiary/aromatic N) is 1. The summed E-state index contributed by atoms with van der Waals surface area (Å²) in [6.07, 6.45) is -2.11. The lowest BCUT2D eigenvalue weighted by Crippen LogP contribution is -2.05. The molecule has 2 nitrogen and oxygen atoms in total. The topological polar surface area (TPSA) is 21.6 Å². The van der Waals surface area contributed by atoms with Gasteiger partial charge in [-0.25, -0.2) is 0 Å². The highest BCUT2D eigenvalue weighted by atomic mass is 19.4. The fourth-order valence-electron chi connectivity index (χ4n) is 1.88. The molecule has 5 heteroatoms. The Labute approximate surface area is 127 Å². The number of hydrogen-bond donors (Lipinski definition) is 0. The minimum atomic E-state index is -4.36. The molecule has 2 aromatic rings. The standard InChI is InChI=1S/C17H16F3NO/c1-2-13-6-8-14(9-7-13)12-22-21-11-15-4-3-5-16(10-15)17(18,19)20/h3-11H,2,12H2,1H3. The van der Waals surface area contributed by atoms with Gasteiger partial charge in [0.15, 0.2) is 0 Å². The molecule has 0 bridgehead atoms. The van der Waals surface area contributed by atoms with Crippen LogP contribution in [0.1, 0.15) is 29.2 Å². The second kappa shape index (κ2) is 7.11. The van der Waals surface area contributed by atoms with E-state index in [1.807, 2.05) is 24.3 Å². The number of alkyl halides is 3. The van der Waals surface area contributed by atoms with Gasteiger partial charge in [0.2, 0.25) is 0 Å². The van der Waals surface area contributed by atoms with Gasteiger partial charge in [-0.1, -0.05) is 48.5 Å². The lowest BCUT2D eigenvalue weighted by atomic mass is 10.1. The average Bonchev–Trinajstić information content (AvgIpc) is 2.52. The summed E-state index contributed by atoms with van der Waals surface area (Å²) >= 11 is 0. The summed E-state index contributed by atoms with van der Waals surface area (Å²) in [4.78, 5) is 5.11. The van der Waals surface area contributed by atoms with Crippen LogP contribution in [0.5, 0.6) is 0 Å². The highest BCUT2D eigenvalue weighted by molar-refractivity contribution is 5.79. The molecule has 0 atom stereocenters. The maximum Gasteiger partial charge on any atom is 0.416 e. The smallest absolute Gasteiger partial charge is 0.391 e. The molecule has 0 saturated carbocycles. The van der Waals surface area contributed by atoms with Gasteiger partial charge in [0.25, 0.3) is 0 Å². The quantitative estimate of drug-likeness (QED) is 0.573. The fraction of sp³-hybridized carbons (Fsp3) is 0.235. The molecule has 2 aromatic carbocycles. The van der Waals surface area contributed by atoms with Crippen LogP contribution in [-0.2, 0) is 24.0 Å². The molecule has 0 saturated heterocycles. The van der Waals surface area contributed by atoms with Gasteiger partial charge in [-0.2, -0.15) is 13.2 Å². The van der Waals surface area contributed by atoms with Crippen molar-refractivity contribution in [1.29, 1.82) is 0 Å². The van der Waals surface area contributed by atoms with E-state index in [9.17, 15) is 13.2 Å². The van der Waals surface area contributed by atoms with Crippen LogP contribution < -0.4 is 0 Å². The van der Waals surface area contributed by atoms with E-state index in [-0.39, 0.29) is 6.61 Å². The molecule has 0 spiro atoms. The lowest BCUT2D eigenvalue weighted by molar-refractivity contribution is -0.137. The van der Waals surface area contributed by atoms with Gasteiger partial charge in [-0.05, 0) is 35.2 Å². The van der Waals surface area contributed by atoms with Crippen molar-refractivity contribution in [2.24, 2.45) is 5.16 Å². The number of oxime groups is 1.